The van der Waals surface area contributed by atoms with Gasteiger partial charge in [-0.2, -0.15) is 0 Å². The van der Waals surface area contributed by atoms with Crippen LogP contribution in [0.1, 0.15) is 85.0 Å². The number of aliphatic carboxylic acids is 1. The van der Waals surface area contributed by atoms with Crippen LogP contribution >= 0.6 is 0 Å². The Labute approximate surface area is 257 Å². The lowest BCUT2D eigenvalue weighted by Crippen LogP contribution is -2.45. The third kappa shape index (κ3) is 6.75. The molecule has 0 radical (unpaired) electrons. The first kappa shape index (κ1) is 30.1. The molecule has 44 heavy (non-hydrogen) atoms. The molecule has 0 bridgehead atoms. The predicted octanol–water partition coefficient (Wildman–Crippen LogP) is 5.42. The summed E-state index contributed by atoms with van der Waals surface area (Å²) in [5.41, 5.74) is 2.03. The Morgan fingerprint density at radius 2 is 1.98 bits per heavy atom. The van der Waals surface area contributed by atoms with Crippen LogP contribution < -0.4 is 5.32 Å². The fourth-order valence-corrected chi connectivity index (χ4v) is 6.65. The van der Waals surface area contributed by atoms with Gasteiger partial charge < -0.3 is 15.2 Å². The predicted molar refractivity (Wildman–Crippen MR) is 163 cm³/mol. The van der Waals surface area contributed by atoms with E-state index in [-0.39, 0.29) is 25.5 Å². The number of benzene rings is 1. The molecule has 10 heteroatoms. The number of nitrogens with one attached hydrogen (secondary N) is 1. The van der Waals surface area contributed by atoms with Gasteiger partial charge in [0.15, 0.2) is 0 Å². The van der Waals surface area contributed by atoms with Gasteiger partial charge in [-0.1, -0.05) is 36.4 Å². The number of anilines is 1. The monoisotopic (exact) mass is 601 g/mol. The summed E-state index contributed by atoms with van der Waals surface area (Å²) in [6.45, 7) is 1.38. The Bertz CT molecular complexity index is 1470. The zero-order valence-electron chi connectivity index (χ0n) is 25.0. The van der Waals surface area contributed by atoms with Gasteiger partial charge in [-0.3, -0.25) is 9.69 Å². The number of unbranched alkanes of at least 4 members (excludes halogenated alkanes) is 1. The molecule has 2 unspecified atom stereocenters. The van der Waals surface area contributed by atoms with Crippen LogP contribution in [-0.2, 0) is 33.8 Å². The lowest BCUT2D eigenvalue weighted by atomic mass is 9.83. The number of nitrogens with zero attached hydrogens (tertiary/aromatic N) is 4. The molecule has 1 aliphatic carbocycles. The van der Waals surface area contributed by atoms with E-state index in [1.165, 1.54) is 11.9 Å². The van der Waals surface area contributed by atoms with Crippen LogP contribution in [0.15, 0.2) is 55.0 Å². The van der Waals surface area contributed by atoms with Crippen molar-refractivity contribution < 1.29 is 23.8 Å². The van der Waals surface area contributed by atoms with Gasteiger partial charge in [0.25, 0.3) is 0 Å². The van der Waals surface area contributed by atoms with E-state index >= 15 is 4.39 Å². The maximum Gasteiger partial charge on any atom is 0.344 e. The lowest BCUT2D eigenvalue weighted by molar-refractivity contribution is -0.164. The third-order valence-electron chi connectivity index (χ3n) is 9.22. The Kier molecular flexibility index (Phi) is 9.16. The second-order valence-electron chi connectivity index (χ2n) is 12.3. The molecular formula is C34H40FN5O4. The van der Waals surface area contributed by atoms with E-state index < -0.39 is 29.6 Å². The van der Waals surface area contributed by atoms with E-state index in [4.69, 9.17) is 9.72 Å². The number of carboxylic acids is 1. The third-order valence-corrected chi connectivity index (χ3v) is 9.22. The number of halogens is 1. The van der Waals surface area contributed by atoms with E-state index in [0.717, 1.165) is 55.0 Å². The highest BCUT2D eigenvalue weighted by Crippen LogP contribution is 2.44. The van der Waals surface area contributed by atoms with Gasteiger partial charge in [-0.25, -0.2) is 24.1 Å². The molecule has 1 saturated carbocycles. The number of aryl methyl sites for hydroxylation is 2. The molecule has 3 aromatic rings. The van der Waals surface area contributed by atoms with Crippen molar-refractivity contribution in [1.82, 2.24) is 19.9 Å². The fraction of sp³-hybridized carbons (Fsp3) is 0.500. The van der Waals surface area contributed by atoms with E-state index in [0.29, 0.717) is 37.8 Å². The maximum atomic E-state index is 17.1. The number of carboxylic acid groups (broad SMARTS) is 1. The minimum atomic E-state index is -2.25. The summed E-state index contributed by atoms with van der Waals surface area (Å²) in [7, 11) is 0. The molecule has 2 aromatic heterocycles. The van der Waals surface area contributed by atoms with Crippen LogP contribution in [0.4, 0.5) is 10.2 Å². The molecule has 0 spiro atoms. The van der Waals surface area contributed by atoms with Crippen molar-refractivity contribution in [2.24, 2.45) is 5.92 Å². The number of aromatic nitrogens is 3. The number of pyridine rings is 1. The van der Waals surface area contributed by atoms with Crippen LogP contribution in [0.5, 0.6) is 0 Å². The maximum absolute atomic E-state index is 17.1. The van der Waals surface area contributed by atoms with Gasteiger partial charge in [-0.15, -0.1) is 0 Å². The number of ether oxygens (including phenoxy) is 1. The summed E-state index contributed by atoms with van der Waals surface area (Å²) < 4.78 is 22.7. The molecular weight excluding hydrogens is 561 g/mol. The zero-order chi connectivity index (χ0) is 30.5. The Hall–Kier alpha value is -3.92. The highest BCUT2D eigenvalue weighted by molar-refractivity contribution is 5.80. The number of likely N-dealkylation sites (tertiary alicyclic amines) is 1. The summed E-state index contributed by atoms with van der Waals surface area (Å²) in [5, 5.41) is 13.6. The second kappa shape index (κ2) is 13.4. The summed E-state index contributed by atoms with van der Waals surface area (Å²) in [6.07, 6.45) is 9.26. The molecule has 3 aliphatic rings. The summed E-state index contributed by atoms with van der Waals surface area (Å²) in [4.78, 5) is 41.1. The SMILES string of the molecule is O=C(O)C(c1cncnc1C1CC1)N1CC[C@@H](C(F)(CCCCc2ccc3c(n2)NCCC3)C(=O)OCc2ccccc2)C1. The van der Waals surface area contributed by atoms with E-state index in [9.17, 15) is 14.7 Å². The van der Waals surface area contributed by atoms with Crippen molar-refractivity contribution in [3.05, 3.63) is 83.1 Å². The minimum Gasteiger partial charge on any atom is -0.480 e. The zero-order valence-corrected chi connectivity index (χ0v) is 25.0. The van der Waals surface area contributed by atoms with Crippen molar-refractivity contribution in [1.29, 1.82) is 0 Å². The number of hydrogen-bond donors (Lipinski definition) is 2. The molecule has 6 rings (SSSR count). The highest BCUT2D eigenvalue weighted by atomic mass is 19.1. The van der Waals surface area contributed by atoms with Crippen molar-refractivity contribution in [2.75, 3.05) is 25.0 Å². The lowest BCUT2D eigenvalue weighted by Gasteiger charge is -2.31. The van der Waals surface area contributed by atoms with Crippen molar-refractivity contribution in [3.8, 4) is 0 Å². The molecule has 4 heterocycles. The number of alkyl halides is 1. The summed E-state index contributed by atoms with van der Waals surface area (Å²) >= 11 is 0. The van der Waals surface area contributed by atoms with Crippen LogP contribution in [0, 0.1) is 5.92 Å². The van der Waals surface area contributed by atoms with Crippen LogP contribution in [0.3, 0.4) is 0 Å². The standard InChI is InChI=1S/C34H40FN5O4/c35-34(33(43)44-21-23-7-2-1-3-8-23,16-5-4-10-27-14-13-25-9-6-17-37-31(25)39-27)26-15-18-40(20-26)30(32(41)42)28-19-36-22-38-29(28)24-11-12-24/h1-3,7-8,13-14,19,22,24,26,30H,4-6,9-12,15-18,20-21H2,(H,37,39)(H,41,42)/t26-,30?,34?/m1/s1. The average Bonchev–Trinajstić information content (AvgIpc) is 3.78. The van der Waals surface area contributed by atoms with Gasteiger partial charge in [0.1, 0.15) is 24.8 Å². The molecule has 1 aromatic carbocycles. The second-order valence-corrected chi connectivity index (χ2v) is 12.3. The Morgan fingerprint density at radius 1 is 1.14 bits per heavy atom. The van der Waals surface area contributed by atoms with E-state index in [2.05, 4.69) is 21.4 Å². The first-order chi connectivity index (χ1) is 21.4. The first-order valence-corrected chi connectivity index (χ1v) is 15.8. The number of hydrogen-bond acceptors (Lipinski definition) is 8. The molecule has 1 saturated heterocycles. The smallest absolute Gasteiger partial charge is 0.344 e. The Balaban J connectivity index is 1.15. The Morgan fingerprint density at radius 3 is 2.77 bits per heavy atom. The molecule has 232 valence electrons. The molecule has 2 fully saturated rings. The summed E-state index contributed by atoms with van der Waals surface area (Å²) in [6, 6.07) is 12.4. The van der Waals surface area contributed by atoms with Gasteiger partial charge in [0.05, 0.1) is 5.69 Å². The molecule has 9 nitrogen and oxygen atoms in total. The molecule has 0 amide bonds. The van der Waals surface area contributed by atoms with Gasteiger partial charge in [0, 0.05) is 42.4 Å². The van der Waals surface area contributed by atoms with Crippen LogP contribution in [-0.4, -0.2) is 62.2 Å². The van der Waals surface area contributed by atoms with E-state index in [1.807, 2.05) is 36.4 Å². The number of rotatable bonds is 13. The number of carbonyl (C=O) groups is 2. The quantitative estimate of drug-likeness (QED) is 0.196. The largest absolute Gasteiger partial charge is 0.480 e. The van der Waals surface area contributed by atoms with Crippen molar-refractivity contribution >= 4 is 17.8 Å². The van der Waals surface area contributed by atoms with Crippen molar-refractivity contribution in [3.63, 3.8) is 0 Å². The van der Waals surface area contributed by atoms with Gasteiger partial charge in [0.2, 0.25) is 5.67 Å². The summed E-state index contributed by atoms with van der Waals surface area (Å²) in [5.74, 6) is -1.43. The number of esters is 1. The molecule has 3 atom stereocenters. The average molecular weight is 602 g/mol. The van der Waals surface area contributed by atoms with Crippen molar-refractivity contribution in [2.45, 2.75) is 82.0 Å². The van der Waals surface area contributed by atoms with Crippen LogP contribution in [0.2, 0.25) is 0 Å². The number of fused-ring (bicyclic) bond motifs is 1. The number of carbonyl (C=O) groups excluding carboxylic acids is 1. The van der Waals surface area contributed by atoms with Crippen LogP contribution in [0.25, 0.3) is 0 Å². The first-order valence-electron chi connectivity index (χ1n) is 15.8. The highest BCUT2D eigenvalue weighted by Gasteiger charge is 2.51. The van der Waals surface area contributed by atoms with Gasteiger partial charge >= 0.3 is 11.9 Å². The topological polar surface area (TPSA) is 118 Å². The normalized spacial score (nSPS) is 20.2. The minimum absolute atomic E-state index is 0.00182. The fourth-order valence-electron chi connectivity index (χ4n) is 6.65. The van der Waals surface area contributed by atoms with E-state index in [1.54, 1.807) is 11.1 Å². The molecule has 2 aliphatic heterocycles. The van der Waals surface area contributed by atoms with Gasteiger partial charge in [-0.05, 0) is 81.5 Å². The molecule has 2 N–H and O–H groups in total.